The molecular formula is C23H34FNO7. The highest BCUT2D eigenvalue weighted by Gasteiger charge is 2.68. The van der Waals surface area contributed by atoms with Gasteiger partial charge >= 0.3 is 0 Å². The van der Waals surface area contributed by atoms with Crippen molar-refractivity contribution >= 4 is 0 Å². The number of hydrogen-bond acceptors (Lipinski definition) is 8. The zero-order valence-electron chi connectivity index (χ0n) is 18.6. The molecule has 2 heterocycles. The molecule has 1 aromatic rings. The van der Waals surface area contributed by atoms with Crippen molar-refractivity contribution in [2.75, 3.05) is 7.05 Å². The molecule has 2 aliphatic heterocycles. The van der Waals surface area contributed by atoms with Crippen LogP contribution in [0.15, 0.2) is 24.3 Å². The molecule has 0 amide bonds. The van der Waals surface area contributed by atoms with Crippen LogP contribution in [0.4, 0.5) is 4.39 Å². The Hall–Kier alpha value is -1.17. The van der Waals surface area contributed by atoms with Gasteiger partial charge in [-0.2, -0.15) is 0 Å². The highest BCUT2D eigenvalue weighted by atomic mass is 19.1. The first-order chi connectivity index (χ1) is 15.1. The second-order valence-corrected chi connectivity index (χ2v) is 9.39. The smallest absolute Gasteiger partial charge is 0.248 e. The zero-order valence-corrected chi connectivity index (χ0v) is 18.6. The van der Waals surface area contributed by atoms with Gasteiger partial charge in [-0.25, -0.2) is 4.39 Å². The maximum atomic E-state index is 13.2. The van der Waals surface area contributed by atoms with E-state index >= 15 is 0 Å². The second-order valence-electron chi connectivity index (χ2n) is 9.39. The average molecular weight is 456 g/mol. The van der Waals surface area contributed by atoms with Gasteiger partial charge in [0, 0.05) is 12.3 Å². The van der Waals surface area contributed by atoms with E-state index in [9.17, 15) is 24.8 Å². The summed E-state index contributed by atoms with van der Waals surface area (Å²) in [5.41, 5.74) is -0.930. The van der Waals surface area contributed by atoms with E-state index in [4.69, 9.17) is 14.2 Å². The topological polar surface area (TPSA) is 121 Å². The van der Waals surface area contributed by atoms with E-state index in [0.29, 0.717) is 12.8 Å². The first-order valence-electron chi connectivity index (χ1n) is 11.3. The van der Waals surface area contributed by atoms with Gasteiger partial charge < -0.3 is 40.0 Å². The monoisotopic (exact) mass is 455 g/mol. The number of rotatable bonds is 5. The highest BCUT2D eigenvalue weighted by Crippen LogP contribution is 2.48. The van der Waals surface area contributed by atoms with E-state index in [1.807, 2.05) is 6.92 Å². The number of ether oxygens (including phenoxy) is 3. The van der Waals surface area contributed by atoms with E-state index in [1.165, 1.54) is 12.1 Å². The quantitative estimate of drug-likeness (QED) is 0.434. The van der Waals surface area contributed by atoms with Crippen molar-refractivity contribution in [3.8, 4) is 0 Å². The first kappa shape index (κ1) is 24.0. The van der Waals surface area contributed by atoms with Crippen molar-refractivity contribution in [2.24, 2.45) is 5.92 Å². The molecule has 180 valence electrons. The number of fused-ring (bicyclic) bond motifs is 2. The molecule has 8 nitrogen and oxygen atoms in total. The number of likely N-dealkylation sites (N-methyl/N-ethyl adjacent to an activating group) is 1. The fraction of sp³-hybridized carbons (Fsp3) is 0.739. The minimum absolute atomic E-state index is 0.0921. The Balaban J connectivity index is 1.62. The SMILES string of the molecule is CC[C@@H]1[C@H](O)[C@H](NC)[C@H]2O[C@]3(O)[C@H](O[C@@H]2[C@H]1O)O[C@H](C)C[C@@]3(O)CCc1ccc(F)cc1. The molecule has 1 aromatic carbocycles. The van der Waals surface area contributed by atoms with Gasteiger partial charge in [-0.15, -0.1) is 0 Å². The highest BCUT2D eigenvalue weighted by molar-refractivity contribution is 5.18. The van der Waals surface area contributed by atoms with Crippen molar-refractivity contribution in [1.82, 2.24) is 5.32 Å². The van der Waals surface area contributed by atoms with Crippen LogP contribution in [-0.4, -0.2) is 81.7 Å². The van der Waals surface area contributed by atoms with Gasteiger partial charge in [-0.05, 0) is 50.9 Å². The molecule has 0 spiro atoms. The van der Waals surface area contributed by atoms with Gasteiger partial charge in [0.05, 0.1) is 24.4 Å². The predicted molar refractivity (Wildman–Crippen MR) is 112 cm³/mol. The Morgan fingerprint density at radius 1 is 1.09 bits per heavy atom. The van der Waals surface area contributed by atoms with Crippen LogP contribution in [0.25, 0.3) is 0 Å². The molecule has 0 unspecified atom stereocenters. The van der Waals surface area contributed by atoms with E-state index in [2.05, 4.69) is 5.32 Å². The van der Waals surface area contributed by atoms with Crippen molar-refractivity contribution in [3.63, 3.8) is 0 Å². The summed E-state index contributed by atoms with van der Waals surface area (Å²) in [4.78, 5) is 0. The zero-order chi connectivity index (χ0) is 23.3. The Bertz CT molecular complexity index is 797. The summed E-state index contributed by atoms with van der Waals surface area (Å²) in [5, 5.41) is 47.9. The molecule has 2 saturated heterocycles. The van der Waals surface area contributed by atoms with Gasteiger partial charge in [0.1, 0.15) is 23.6 Å². The Kier molecular flexibility index (Phi) is 6.65. The number of aliphatic hydroxyl groups is 4. The van der Waals surface area contributed by atoms with Gasteiger partial charge in [-0.1, -0.05) is 19.1 Å². The van der Waals surface area contributed by atoms with E-state index in [0.717, 1.165) is 5.56 Å². The van der Waals surface area contributed by atoms with Gasteiger partial charge in [-0.3, -0.25) is 0 Å². The van der Waals surface area contributed by atoms with Gasteiger partial charge in [0.2, 0.25) is 12.1 Å². The summed E-state index contributed by atoms with van der Waals surface area (Å²) >= 11 is 0. The summed E-state index contributed by atoms with van der Waals surface area (Å²) < 4.78 is 31.2. The summed E-state index contributed by atoms with van der Waals surface area (Å²) in [6, 6.07) is 5.33. The molecule has 1 saturated carbocycles. The maximum Gasteiger partial charge on any atom is 0.248 e. The lowest BCUT2D eigenvalue weighted by atomic mass is 9.73. The van der Waals surface area contributed by atoms with Gasteiger partial charge in [0.25, 0.3) is 0 Å². The van der Waals surface area contributed by atoms with Crippen LogP contribution in [0.2, 0.25) is 0 Å². The molecule has 10 atom stereocenters. The molecule has 3 aliphatic rings. The Morgan fingerprint density at radius 3 is 2.41 bits per heavy atom. The predicted octanol–water partition coefficient (Wildman–Crippen LogP) is 0.447. The van der Waals surface area contributed by atoms with Crippen molar-refractivity contribution < 1.29 is 39.0 Å². The maximum absolute atomic E-state index is 13.2. The van der Waals surface area contributed by atoms with Crippen LogP contribution in [0.1, 0.15) is 38.7 Å². The number of benzene rings is 1. The van der Waals surface area contributed by atoms with Crippen molar-refractivity contribution in [1.29, 1.82) is 0 Å². The molecule has 4 rings (SSSR count). The third-order valence-corrected chi connectivity index (χ3v) is 7.37. The second kappa shape index (κ2) is 8.88. The lowest BCUT2D eigenvalue weighted by molar-refractivity contribution is -0.484. The third kappa shape index (κ3) is 3.88. The van der Waals surface area contributed by atoms with Crippen molar-refractivity contribution in [2.45, 2.75) is 93.8 Å². The van der Waals surface area contributed by atoms with E-state index in [1.54, 1.807) is 26.1 Å². The Morgan fingerprint density at radius 2 is 1.78 bits per heavy atom. The normalized spacial score (nSPS) is 46.4. The third-order valence-electron chi connectivity index (χ3n) is 7.37. The summed E-state index contributed by atoms with van der Waals surface area (Å²) in [6.07, 6.45) is -4.36. The number of nitrogens with one attached hydrogen (secondary N) is 1. The fourth-order valence-electron chi connectivity index (χ4n) is 5.54. The lowest BCUT2D eigenvalue weighted by Gasteiger charge is -2.60. The van der Waals surface area contributed by atoms with Crippen LogP contribution in [0.5, 0.6) is 0 Å². The number of halogens is 1. The van der Waals surface area contributed by atoms with Crippen LogP contribution in [0.3, 0.4) is 0 Å². The van der Waals surface area contributed by atoms with Crippen LogP contribution >= 0.6 is 0 Å². The first-order valence-corrected chi connectivity index (χ1v) is 11.3. The standard InChI is InChI=1S/C23H34FNO7/c1-4-15-17(26)16(25-3)19-20(18(15)27)31-21-23(29,32-19)22(28,11-12(2)30-21)10-9-13-5-7-14(24)8-6-13/h5-8,12,15-21,25-29H,4,9-11H2,1-3H3/t12-,15-,16+,17+,18+,19-,20-,21+,22+,23-/m1/s1. The number of hydrogen-bond donors (Lipinski definition) is 5. The fourth-order valence-corrected chi connectivity index (χ4v) is 5.54. The average Bonchev–Trinajstić information content (AvgIpc) is 2.74. The molecule has 3 fully saturated rings. The van der Waals surface area contributed by atoms with E-state index in [-0.39, 0.29) is 18.7 Å². The molecular weight excluding hydrogens is 421 g/mol. The van der Waals surface area contributed by atoms with Crippen LogP contribution in [-0.2, 0) is 20.6 Å². The van der Waals surface area contributed by atoms with E-state index < -0.39 is 60.2 Å². The summed E-state index contributed by atoms with van der Waals surface area (Å²) in [7, 11) is 1.66. The Labute approximate surface area is 187 Å². The molecule has 0 aromatic heterocycles. The molecule has 0 bridgehead atoms. The van der Waals surface area contributed by atoms with Crippen LogP contribution in [0, 0.1) is 11.7 Å². The summed E-state index contributed by atoms with van der Waals surface area (Å²) in [5.74, 6) is -3.01. The van der Waals surface area contributed by atoms with Crippen LogP contribution < -0.4 is 5.32 Å². The minimum Gasteiger partial charge on any atom is -0.391 e. The molecule has 0 radical (unpaired) electrons. The van der Waals surface area contributed by atoms with Gasteiger partial charge in [0.15, 0.2) is 0 Å². The molecule has 9 heteroatoms. The summed E-state index contributed by atoms with van der Waals surface area (Å²) in [6.45, 7) is 3.64. The largest absolute Gasteiger partial charge is 0.391 e. The lowest BCUT2D eigenvalue weighted by Crippen LogP contribution is -2.78. The molecule has 1 aliphatic carbocycles. The minimum atomic E-state index is -2.21. The molecule has 32 heavy (non-hydrogen) atoms. The molecule has 5 N–H and O–H groups in total. The number of aryl methyl sites for hydroxylation is 1. The number of aliphatic hydroxyl groups excluding tert-OH is 2. The van der Waals surface area contributed by atoms with Crippen molar-refractivity contribution in [3.05, 3.63) is 35.6 Å².